The molecule has 1 fully saturated rings. The van der Waals surface area contributed by atoms with E-state index in [-0.39, 0.29) is 17.6 Å². The molecule has 2 aliphatic rings. The van der Waals surface area contributed by atoms with E-state index in [0.29, 0.717) is 15.9 Å². The highest BCUT2D eigenvalue weighted by atomic mass is 35.5. The van der Waals surface area contributed by atoms with Gasteiger partial charge in [-0.1, -0.05) is 24.6 Å². The zero-order valence-corrected chi connectivity index (χ0v) is 15.7. The number of nitrogens with one attached hydrogen (secondary N) is 1. The van der Waals surface area contributed by atoms with Crippen LogP contribution in [-0.2, 0) is 0 Å². The van der Waals surface area contributed by atoms with Crippen LogP contribution in [0.3, 0.4) is 0 Å². The third kappa shape index (κ3) is 2.42. The number of nitro groups is 1. The van der Waals surface area contributed by atoms with Crippen molar-refractivity contribution in [2.24, 2.45) is 5.92 Å². The van der Waals surface area contributed by atoms with Crippen LogP contribution >= 0.6 is 23.8 Å². The molecule has 2 heterocycles. The predicted molar refractivity (Wildman–Crippen MR) is 104 cm³/mol. The second kappa shape index (κ2) is 5.82. The molecule has 8 heteroatoms. The Balaban J connectivity index is 1.84. The molecule has 0 spiro atoms. The first-order chi connectivity index (χ1) is 12.3. The summed E-state index contributed by atoms with van der Waals surface area (Å²) in [6, 6.07) is 11.9. The fraction of sp³-hybridized carbons (Fsp3) is 0.278. The summed E-state index contributed by atoms with van der Waals surface area (Å²) in [6.45, 7) is 4.02. The summed E-state index contributed by atoms with van der Waals surface area (Å²) in [5.41, 5.74) is 0.861. The van der Waals surface area contributed by atoms with Crippen LogP contribution in [0.25, 0.3) is 0 Å². The molecule has 0 saturated carbocycles. The highest BCUT2D eigenvalue weighted by Gasteiger charge is 2.54. The molecule has 2 aromatic carbocycles. The minimum absolute atomic E-state index is 0.0253. The number of anilines is 1. The Labute approximate surface area is 160 Å². The van der Waals surface area contributed by atoms with Gasteiger partial charge >= 0.3 is 0 Å². The SMILES string of the molecule is C[C@@H]1[C@H]2NC(=S)N(c3cccc(Cl)c3)[C@@]1(C)Oc1ccc([N+](=O)[O-])cc12. The van der Waals surface area contributed by atoms with Crippen LogP contribution in [0.4, 0.5) is 11.4 Å². The van der Waals surface area contributed by atoms with Crippen LogP contribution in [0.15, 0.2) is 42.5 Å². The summed E-state index contributed by atoms with van der Waals surface area (Å²) in [7, 11) is 0. The number of non-ortho nitro benzene ring substituents is 1. The highest BCUT2D eigenvalue weighted by Crippen LogP contribution is 2.49. The molecule has 3 atom stereocenters. The molecular formula is C18H16ClN3O3S. The largest absolute Gasteiger partial charge is 0.467 e. The molecule has 6 nitrogen and oxygen atoms in total. The Morgan fingerprint density at radius 3 is 2.81 bits per heavy atom. The van der Waals surface area contributed by atoms with Crippen LogP contribution in [-0.4, -0.2) is 15.8 Å². The van der Waals surface area contributed by atoms with Crippen LogP contribution in [0.5, 0.6) is 5.75 Å². The van der Waals surface area contributed by atoms with E-state index in [9.17, 15) is 10.1 Å². The van der Waals surface area contributed by atoms with Gasteiger partial charge in [0.2, 0.25) is 0 Å². The van der Waals surface area contributed by atoms with Gasteiger partial charge in [-0.3, -0.25) is 15.0 Å². The Hall–Kier alpha value is -2.38. The molecule has 134 valence electrons. The number of nitro benzene ring substituents is 1. The molecule has 2 aliphatic heterocycles. The van der Waals surface area contributed by atoms with Crippen molar-refractivity contribution in [3.63, 3.8) is 0 Å². The number of halogens is 1. The topological polar surface area (TPSA) is 67.6 Å². The first-order valence-corrected chi connectivity index (χ1v) is 8.93. The van der Waals surface area contributed by atoms with E-state index >= 15 is 0 Å². The monoisotopic (exact) mass is 389 g/mol. The summed E-state index contributed by atoms with van der Waals surface area (Å²) in [6.07, 6.45) is 0. The van der Waals surface area contributed by atoms with Crippen molar-refractivity contribution in [1.82, 2.24) is 5.32 Å². The smallest absolute Gasteiger partial charge is 0.270 e. The quantitative estimate of drug-likeness (QED) is 0.465. The van der Waals surface area contributed by atoms with Crippen LogP contribution in [0, 0.1) is 16.0 Å². The van der Waals surface area contributed by atoms with Gasteiger partial charge in [-0.05, 0) is 43.4 Å². The second-order valence-corrected chi connectivity index (χ2v) is 7.49. The maximum absolute atomic E-state index is 11.1. The summed E-state index contributed by atoms with van der Waals surface area (Å²) in [4.78, 5) is 12.6. The number of fused-ring (bicyclic) bond motifs is 4. The lowest BCUT2D eigenvalue weighted by molar-refractivity contribution is -0.385. The van der Waals surface area contributed by atoms with Gasteiger partial charge in [-0.25, -0.2) is 0 Å². The number of ether oxygens (including phenoxy) is 1. The molecule has 0 aromatic heterocycles. The van der Waals surface area contributed by atoms with Crippen molar-refractivity contribution >= 4 is 40.3 Å². The molecule has 4 rings (SSSR count). The van der Waals surface area contributed by atoms with E-state index in [1.165, 1.54) is 6.07 Å². The van der Waals surface area contributed by atoms with Gasteiger partial charge in [0.15, 0.2) is 10.8 Å². The molecule has 26 heavy (non-hydrogen) atoms. The molecule has 0 aliphatic carbocycles. The van der Waals surface area contributed by atoms with Crippen molar-refractivity contribution in [2.75, 3.05) is 4.90 Å². The predicted octanol–water partition coefficient (Wildman–Crippen LogP) is 4.43. The zero-order valence-electron chi connectivity index (χ0n) is 14.1. The fourth-order valence-electron chi connectivity index (χ4n) is 3.72. The molecule has 2 aromatic rings. The molecule has 1 N–H and O–H groups in total. The van der Waals surface area contributed by atoms with E-state index in [4.69, 9.17) is 28.6 Å². The van der Waals surface area contributed by atoms with Crippen molar-refractivity contribution in [3.8, 4) is 5.75 Å². The third-order valence-electron chi connectivity index (χ3n) is 5.19. The number of thiocarbonyl (C=S) groups is 1. The first kappa shape index (κ1) is 17.1. The lowest BCUT2D eigenvalue weighted by atomic mass is 9.80. The number of benzene rings is 2. The van der Waals surface area contributed by atoms with E-state index in [0.717, 1.165) is 11.3 Å². The van der Waals surface area contributed by atoms with Gasteiger partial charge in [0.05, 0.1) is 11.0 Å². The van der Waals surface area contributed by atoms with Crippen molar-refractivity contribution in [3.05, 3.63) is 63.2 Å². The molecule has 1 saturated heterocycles. The van der Waals surface area contributed by atoms with E-state index < -0.39 is 10.6 Å². The van der Waals surface area contributed by atoms with Crippen LogP contribution in [0.2, 0.25) is 5.02 Å². The molecule has 0 amide bonds. The Morgan fingerprint density at radius 2 is 2.12 bits per heavy atom. The van der Waals surface area contributed by atoms with Crippen molar-refractivity contribution < 1.29 is 9.66 Å². The maximum atomic E-state index is 11.1. The lowest BCUT2D eigenvalue weighted by Crippen LogP contribution is -2.69. The molecule has 0 radical (unpaired) electrons. The number of rotatable bonds is 2. The summed E-state index contributed by atoms with van der Waals surface area (Å²) < 4.78 is 6.35. The van der Waals surface area contributed by atoms with Crippen molar-refractivity contribution in [2.45, 2.75) is 25.6 Å². The maximum Gasteiger partial charge on any atom is 0.270 e. The minimum atomic E-state index is -0.749. The average molecular weight is 390 g/mol. The van der Waals surface area contributed by atoms with Crippen LogP contribution < -0.4 is 15.0 Å². The second-order valence-electron chi connectivity index (χ2n) is 6.67. The third-order valence-corrected chi connectivity index (χ3v) is 5.73. The van der Waals surface area contributed by atoms with Gasteiger partial charge in [0.1, 0.15) is 5.75 Å². The standard InChI is InChI=1S/C18H16ClN3O3S/c1-10-16-14-9-13(22(23)24)6-7-15(14)25-18(10,2)21(17(26)20-16)12-5-3-4-11(19)8-12/h3-10,16H,1-2H3,(H,20,26)/t10-,16-,18+/m1/s1. The molecular weight excluding hydrogens is 374 g/mol. The summed E-state index contributed by atoms with van der Waals surface area (Å²) in [5, 5.41) is 15.6. The van der Waals surface area contributed by atoms with Crippen LogP contribution in [0.1, 0.15) is 25.5 Å². The van der Waals surface area contributed by atoms with Gasteiger partial charge in [-0.15, -0.1) is 0 Å². The Kier molecular flexibility index (Phi) is 3.82. The van der Waals surface area contributed by atoms with E-state index in [1.807, 2.05) is 36.9 Å². The number of nitrogens with zero attached hydrogens (tertiary/aromatic N) is 2. The first-order valence-electron chi connectivity index (χ1n) is 8.15. The zero-order chi connectivity index (χ0) is 18.6. The van der Waals surface area contributed by atoms with E-state index in [1.54, 1.807) is 18.2 Å². The van der Waals surface area contributed by atoms with Crippen molar-refractivity contribution in [1.29, 1.82) is 0 Å². The van der Waals surface area contributed by atoms with E-state index in [2.05, 4.69) is 5.32 Å². The molecule has 0 unspecified atom stereocenters. The number of hydrogen-bond donors (Lipinski definition) is 1. The Morgan fingerprint density at radius 1 is 1.35 bits per heavy atom. The minimum Gasteiger partial charge on any atom is -0.467 e. The van der Waals surface area contributed by atoms with Gasteiger partial charge < -0.3 is 10.1 Å². The molecule has 2 bridgehead atoms. The van der Waals surface area contributed by atoms with Gasteiger partial charge in [0, 0.05) is 34.3 Å². The van der Waals surface area contributed by atoms with Gasteiger partial charge in [0.25, 0.3) is 5.69 Å². The normalized spacial score (nSPS) is 26.6. The fourth-order valence-corrected chi connectivity index (χ4v) is 4.32. The summed E-state index contributed by atoms with van der Waals surface area (Å²) in [5.74, 6) is 0.589. The highest BCUT2D eigenvalue weighted by molar-refractivity contribution is 7.80. The Bertz CT molecular complexity index is 938. The summed E-state index contributed by atoms with van der Waals surface area (Å²) >= 11 is 11.8. The van der Waals surface area contributed by atoms with Gasteiger partial charge in [-0.2, -0.15) is 0 Å². The average Bonchev–Trinajstić information content (AvgIpc) is 2.57. The lowest BCUT2D eigenvalue weighted by Gasteiger charge is -2.56. The number of hydrogen-bond acceptors (Lipinski definition) is 4.